The fourth-order valence-electron chi connectivity index (χ4n) is 2.01. The third-order valence-corrected chi connectivity index (χ3v) is 4.53. The summed E-state index contributed by atoms with van der Waals surface area (Å²) in [6, 6.07) is 7.36. The van der Waals surface area contributed by atoms with Crippen LogP contribution in [-0.2, 0) is 14.3 Å². The van der Waals surface area contributed by atoms with E-state index < -0.39 is 30.4 Å². The molecule has 1 rings (SSSR count). The molecule has 0 spiro atoms. The Kier molecular flexibility index (Phi) is 10.3. The summed E-state index contributed by atoms with van der Waals surface area (Å²) < 4.78 is 5.06. The highest BCUT2D eigenvalue weighted by atomic mass is 35.5. The number of amides is 2. The zero-order valence-electron chi connectivity index (χ0n) is 15.2. The number of thioether (sulfide) groups is 1. The molecule has 0 bridgehead atoms. The van der Waals surface area contributed by atoms with Crippen molar-refractivity contribution in [1.29, 1.82) is 5.26 Å². The fourth-order valence-corrected chi connectivity index (χ4v) is 2.61. The number of nitriles is 1. The zero-order chi connectivity index (χ0) is 20.2. The Hall–Kier alpha value is -2.24. The molecular formula is C18H22ClN3O4S. The number of carbonyl (C=O) groups excluding carboxylic acids is 3. The average molecular weight is 412 g/mol. The van der Waals surface area contributed by atoms with Gasteiger partial charge in [0.05, 0.1) is 12.5 Å². The van der Waals surface area contributed by atoms with Gasteiger partial charge < -0.3 is 15.0 Å². The number of hydrogen-bond donors (Lipinski definition) is 1. The number of hydrogen-bond acceptors (Lipinski definition) is 6. The van der Waals surface area contributed by atoms with Crippen molar-refractivity contribution in [1.82, 2.24) is 10.2 Å². The molecule has 1 N–H and O–H groups in total. The summed E-state index contributed by atoms with van der Waals surface area (Å²) in [5.74, 6) is -0.872. The Balaban J connectivity index is 2.65. The first kappa shape index (κ1) is 22.8. The number of nitrogens with zero attached hydrogens (tertiary/aromatic N) is 2. The van der Waals surface area contributed by atoms with Crippen LogP contribution in [0.25, 0.3) is 0 Å². The SMILES string of the molecule is CSCC[C@H](NC(=O)c1ccc(Cl)cc1)C(=O)OCC(=O)N(C)CCC#N. The highest BCUT2D eigenvalue weighted by Crippen LogP contribution is 2.10. The number of rotatable bonds is 10. The molecule has 0 fully saturated rings. The number of benzene rings is 1. The van der Waals surface area contributed by atoms with Crippen LogP contribution >= 0.6 is 23.4 Å². The molecule has 1 aromatic rings. The summed E-state index contributed by atoms with van der Waals surface area (Å²) >= 11 is 7.34. The van der Waals surface area contributed by atoms with E-state index in [0.29, 0.717) is 22.8 Å². The van der Waals surface area contributed by atoms with Gasteiger partial charge in [0.2, 0.25) is 0 Å². The van der Waals surface area contributed by atoms with Crippen LogP contribution in [0.1, 0.15) is 23.2 Å². The zero-order valence-corrected chi connectivity index (χ0v) is 16.8. The monoisotopic (exact) mass is 411 g/mol. The normalized spacial score (nSPS) is 11.2. The Morgan fingerprint density at radius 1 is 1.33 bits per heavy atom. The molecule has 0 aromatic heterocycles. The van der Waals surface area contributed by atoms with Crippen LogP contribution in [0.3, 0.4) is 0 Å². The summed E-state index contributed by atoms with van der Waals surface area (Å²) in [6.45, 7) is -0.177. The number of ether oxygens (including phenoxy) is 1. The molecule has 27 heavy (non-hydrogen) atoms. The summed E-state index contributed by atoms with van der Waals surface area (Å²) in [5.41, 5.74) is 0.369. The highest BCUT2D eigenvalue weighted by molar-refractivity contribution is 7.98. The number of carbonyl (C=O) groups is 3. The maximum atomic E-state index is 12.3. The van der Waals surface area contributed by atoms with E-state index in [1.54, 1.807) is 24.3 Å². The molecule has 9 heteroatoms. The fraction of sp³-hybridized carbons (Fsp3) is 0.444. The van der Waals surface area contributed by atoms with Gasteiger partial charge in [-0.1, -0.05) is 11.6 Å². The molecule has 0 aliphatic heterocycles. The van der Waals surface area contributed by atoms with Crippen molar-refractivity contribution in [3.05, 3.63) is 34.9 Å². The summed E-state index contributed by atoms with van der Waals surface area (Å²) in [6.07, 6.45) is 2.46. The molecule has 0 aliphatic rings. The number of likely N-dealkylation sites (N-methyl/N-ethyl adjacent to an activating group) is 1. The van der Waals surface area contributed by atoms with Crippen molar-refractivity contribution >= 4 is 41.1 Å². The predicted molar refractivity (Wildman–Crippen MR) is 105 cm³/mol. The molecule has 0 saturated carbocycles. The minimum Gasteiger partial charge on any atom is -0.454 e. The quantitative estimate of drug-likeness (QED) is 0.592. The molecule has 0 saturated heterocycles. The number of nitrogens with one attached hydrogen (secondary N) is 1. The molecule has 0 unspecified atom stereocenters. The van der Waals surface area contributed by atoms with Crippen LogP contribution in [0.15, 0.2) is 24.3 Å². The van der Waals surface area contributed by atoms with E-state index in [0.717, 1.165) is 0 Å². The Bertz CT molecular complexity index is 691. The van der Waals surface area contributed by atoms with Gasteiger partial charge in [-0.05, 0) is 42.7 Å². The van der Waals surface area contributed by atoms with E-state index in [2.05, 4.69) is 5.32 Å². The minimum absolute atomic E-state index is 0.198. The lowest BCUT2D eigenvalue weighted by Crippen LogP contribution is -2.43. The van der Waals surface area contributed by atoms with Crippen LogP contribution in [-0.4, -0.2) is 60.9 Å². The van der Waals surface area contributed by atoms with Crippen molar-refractivity contribution < 1.29 is 19.1 Å². The lowest BCUT2D eigenvalue weighted by Gasteiger charge is -2.19. The van der Waals surface area contributed by atoms with Crippen molar-refractivity contribution in [2.45, 2.75) is 18.9 Å². The van der Waals surface area contributed by atoms with E-state index in [9.17, 15) is 14.4 Å². The van der Waals surface area contributed by atoms with Gasteiger partial charge >= 0.3 is 5.97 Å². The third kappa shape index (κ3) is 8.33. The highest BCUT2D eigenvalue weighted by Gasteiger charge is 2.24. The Labute approximate surface area is 168 Å². The lowest BCUT2D eigenvalue weighted by atomic mass is 10.1. The smallest absolute Gasteiger partial charge is 0.329 e. The molecule has 1 aromatic carbocycles. The standard InChI is InChI=1S/C18H22ClN3O4S/c1-22(10-3-9-20)16(23)12-26-18(25)15(8-11-27-2)21-17(24)13-4-6-14(19)7-5-13/h4-7,15H,3,8,10-12H2,1-2H3,(H,21,24)/t15-/m0/s1. The van der Waals surface area contributed by atoms with Crippen LogP contribution in [0, 0.1) is 11.3 Å². The first-order valence-corrected chi connectivity index (χ1v) is 9.99. The van der Waals surface area contributed by atoms with Crippen LogP contribution in [0.4, 0.5) is 0 Å². The molecule has 1 atom stereocenters. The number of halogens is 1. The second kappa shape index (κ2) is 12.2. The molecular weight excluding hydrogens is 390 g/mol. The average Bonchev–Trinajstić information content (AvgIpc) is 2.67. The largest absolute Gasteiger partial charge is 0.454 e. The van der Waals surface area contributed by atoms with E-state index in [1.807, 2.05) is 12.3 Å². The van der Waals surface area contributed by atoms with Crippen LogP contribution in [0.2, 0.25) is 5.02 Å². The van der Waals surface area contributed by atoms with E-state index >= 15 is 0 Å². The second-order valence-corrected chi connectivity index (χ2v) is 7.07. The third-order valence-electron chi connectivity index (χ3n) is 3.63. The maximum Gasteiger partial charge on any atom is 0.329 e. The van der Waals surface area contributed by atoms with Gasteiger partial charge in [-0.25, -0.2) is 4.79 Å². The molecule has 146 valence electrons. The van der Waals surface area contributed by atoms with E-state index in [-0.39, 0.29) is 13.0 Å². The van der Waals surface area contributed by atoms with Crippen molar-refractivity contribution in [2.75, 3.05) is 32.2 Å². The van der Waals surface area contributed by atoms with Gasteiger partial charge in [-0.15, -0.1) is 0 Å². The lowest BCUT2D eigenvalue weighted by molar-refractivity contribution is -0.153. The van der Waals surface area contributed by atoms with Gasteiger partial charge in [0.25, 0.3) is 11.8 Å². The second-order valence-electron chi connectivity index (χ2n) is 5.65. The van der Waals surface area contributed by atoms with Crippen LogP contribution in [0.5, 0.6) is 0 Å². The minimum atomic E-state index is -0.863. The van der Waals surface area contributed by atoms with Gasteiger partial charge in [-0.3, -0.25) is 9.59 Å². The van der Waals surface area contributed by atoms with Gasteiger partial charge in [0, 0.05) is 24.2 Å². The van der Waals surface area contributed by atoms with Crippen molar-refractivity contribution in [3.8, 4) is 6.07 Å². The topological polar surface area (TPSA) is 99.5 Å². The summed E-state index contributed by atoms with van der Waals surface area (Å²) in [5, 5.41) is 11.7. The Morgan fingerprint density at radius 2 is 2.00 bits per heavy atom. The van der Waals surface area contributed by atoms with Crippen LogP contribution < -0.4 is 5.32 Å². The number of esters is 1. The first-order chi connectivity index (χ1) is 12.9. The molecule has 0 radical (unpaired) electrons. The predicted octanol–water partition coefficient (Wildman–Crippen LogP) is 2.11. The maximum absolute atomic E-state index is 12.3. The molecule has 0 heterocycles. The summed E-state index contributed by atoms with van der Waals surface area (Å²) in [7, 11) is 1.53. The molecule has 0 aliphatic carbocycles. The van der Waals surface area contributed by atoms with Crippen molar-refractivity contribution in [2.24, 2.45) is 0 Å². The summed E-state index contributed by atoms with van der Waals surface area (Å²) in [4.78, 5) is 37.9. The molecule has 2 amide bonds. The van der Waals surface area contributed by atoms with E-state index in [4.69, 9.17) is 21.6 Å². The van der Waals surface area contributed by atoms with Gasteiger partial charge in [0.15, 0.2) is 6.61 Å². The van der Waals surface area contributed by atoms with Crippen molar-refractivity contribution in [3.63, 3.8) is 0 Å². The molecule has 7 nitrogen and oxygen atoms in total. The van der Waals surface area contributed by atoms with Gasteiger partial charge in [0.1, 0.15) is 6.04 Å². The van der Waals surface area contributed by atoms with E-state index in [1.165, 1.54) is 23.7 Å². The first-order valence-electron chi connectivity index (χ1n) is 8.22. The van der Waals surface area contributed by atoms with Gasteiger partial charge in [-0.2, -0.15) is 17.0 Å². The Morgan fingerprint density at radius 3 is 2.59 bits per heavy atom.